The van der Waals surface area contributed by atoms with E-state index in [9.17, 15) is 14.0 Å². The summed E-state index contributed by atoms with van der Waals surface area (Å²) in [4.78, 5) is 36.6. The van der Waals surface area contributed by atoms with Crippen LogP contribution in [-0.4, -0.2) is 62.9 Å². The molecule has 1 amide bonds. The highest BCUT2D eigenvalue weighted by Gasteiger charge is 2.31. The molecule has 4 aromatic rings. The molecular weight excluding hydrogens is 465 g/mol. The molecule has 1 saturated heterocycles. The normalized spacial score (nSPS) is 14.1. The SMILES string of the molecule is N/C=C\N(N)c1ncc(F)c2c(C(=O)C(=O)N3CCN(c4cn[nH]c4-c4ccccc4)CC3)c[nH]c12. The number of nitrogens with two attached hydrogens (primary N) is 2. The fraction of sp³-hybridized carbons (Fsp3) is 0.167. The van der Waals surface area contributed by atoms with Crippen LogP contribution in [0.15, 0.2) is 61.3 Å². The van der Waals surface area contributed by atoms with Crippen molar-refractivity contribution in [3.05, 3.63) is 72.7 Å². The van der Waals surface area contributed by atoms with Gasteiger partial charge in [0.1, 0.15) is 0 Å². The van der Waals surface area contributed by atoms with E-state index < -0.39 is 17.5 Å². The molecule has 1 aliphatic rings. The molecule has 0 saturated carbocycles. The number of rotatable bonds is 6. The number of ketones is 1. The third kappa shape index (κ3) is 4.03. The molecule has 3 aromatic heterocycles. The predicted molar refractivity (Wildman–Crippen MR) is 133 cm³/mol. The van der Waals surface area contributed by atoms with Crippen molar-refractivity contribution < 1.29 is 14.0 Å². The summed E-state index contributed by atoms with van der Waals surface area (Å²) in [6.45, 7) is 1.70. The number of fused-ring (bicyclic) bond motifs is 1. The van der Waals surface area contributed by atoms with Crippen LogP contribution in [0.25, 0.3) is 22.2 Å². The van der Waals surface area contributed by atoms with E-state index >= 15 is 0 Å². The minimum atomic E-state index is -0.808. The second-order valence-corrected chi connectivity index (χ2v) is 8.24. The largest absolute Gasteiger partial charge is 0.403 e. The first-order valence-electron chi connectivity index (χ1n) is 11.2. The van der Waals surface area contributed by atoms with E-state index in [-0.39, 0.29) is 22.3 Å². The van der Waals surface area contributed by atoms with Crippen molar-refractivity contribution in [3.63, 3.8) is 0 Å². The van der Waals surface area contributed by atoms with Crippen molar-refractivity contribution in [1.82, 2.24) is 25.1 Å². The van der Waals surface area contributed by atoms with Crippen LogP contribution in [0.1, 0.15) is 10.4 Å². The highest BCUT2D eigenvalue weighted by molar-refractivity contribution is 6.45. The Balaban J connectivity index is 1.33. The third-order valence-corrected chi connectivity index (χ3v) is 6.16. The van der Waals surface area contributed by atoms with Crippen LogP contribution in [0, 0.1) is 5.82 Å². The van der Waals surface area contributed by atoms with Crippen molar-refractivity contribution in [3.8, 4) is 11.3 Å². The Bertz CT molecular complexity index is 1440. The third-order valence-electron chi connectivity index (χ3n) is 6.16. The molecule has 6 N–H and O–H groups in total. The Labute approximate surface area is 205 Å². The van der Waals surface area contributed by atoms with Crippen molar-refractivity contribution in [2.45, 2.75) is 0 Å². The van der Waals surface area contributed by atoms with Crippen molar-refractivity contribution in [2.24, 2.45) is 11.6 Å². The number of aromatic nitrogens is 4. The number of nitrogens with zero attached hydrogens (tertiary/aromatic N) is 5. The second-order valence-electron chi connectivity index (χ2n) is 8.24. The molecule has 1 fully saturated rings. The highest BCUT2D eigenvalue weighted by Crippen LogP contribution is 2.30. The Morgan fingerprint density at radius 3 is 2.58 bits per heavy atom. The van der Waals surface area contributed by atoms with Gasteiger partial charge in [-0.1, -0.05) is 30.3 Å². The Morgan fingerprint density at radius 2 is 1.86 bits per heavy atom. The number of hydrogen-bond donors (Lipinski definition) is 4. The van der Waals surface area contributed by atoms with Crippen LogP contribution < -0.4 is 21.5 Å². The summed E-state index contributed by atoms with van der Waals surface area (Å²) in [6.07, 6.45) is 6.53. The maximum absolute atomic E-state index is 14.7. The number of aromatic amines is 2. The first-order chi connectivity index (χ1) is 17.5. The van der Waals surface area contributed by atoms with Gasteiger partial charge in [0.05, 0.1) is 40.2 Å². The van der Waals surface area contributed by atoms with Crippen molar-refractivity contribution >= 4 is 34.1 Å². The molecule has 1 aliphatic heterocycles. The summed E-state index contributed by atoms with van der Waals surface area (Å²) in [5.74, 6) is 3.78. The van der Waals surface area contributed by atoms with Crippen LogP contribution in [0.5, 0.6) is 0 Å². The van der Waals surface area contributed by atoms with E-state index in [1.165, 1.54) is 23.5 Å². The molecule has 4 heterocycles. The van der Waals surface area contributed by atoms with Crippen molar-refractivity contribution in [1.29, 1.82) is 0 Å². The minimum Gasteiger partial charge on any atom is -0.403 e. The lowest BCUT2D eigenvalue weighted by molar-refractivity contribution is -0.126. The van der Waals surface area contributed by atoms with Crippen LogP contribution in [0.4, 0.5) is 15.9 Å². The molecule has 11 nitrogen and oxygen atoms in total. The van der Waals surface area contributed by atoms with Gasteiger partial charge in [-0.25, -0.2) is 15.2 Å². The average molecular weight is 490 g/mol. The number of anilines is 2. The zero-order valence-electron chi connectivity index (χ0n) is 19.2. The first-order valence-corrected chi connectivity index (χ1v) is 11.2. The monoisotopic (exact) mass is 489 g/mol. The van der Waals surface area contributed by atoms with E-state index in [2.05, 4.69) is 25.1 Å². The quantitative estimate of drug-likeness (QED) is 0.138. The topological polar surface area (TPSA) is 153 Å². The zero-order chi connectivity index (χ0) is 25.2. The second kappa shape index (κ2) is 9.50. The summed E-state index contributed by atoms with van der Waals surface area (Å²) in [7, 11) is 0. The summed E-state index contributed by atoms with van der Waals surface area (Å²) in [5, 5.41) is 8.27. The number of nitrogens with one attached hydrogen (secondary N) is 2. The number of halogens is 1. The number of benzene rings is 1. The van der Waals surface area contributed by atoms with Crippen LogP contribution in [0.3, 0.4) is 0 Å². The number of hydrazine groups is 1. The number of piperazine rings is 1. The Hall–Kier alpha value is -4.71. The van der Waals surface area contributed by atoms with Gasteiger partial charge in [0, 0.05) is 50.3 Å². The van der Waals surface area contributed by atoms with E-state index in [1.54, 1.807) is 6.20 Å². The number of hydrogen-bond acceptors (Lipinski definition) is 8. The number of amides is 1. The molecular formula is C24H24FN9O2. The predicted octanol–water partition coefficient (Wildman–Crippen LogP) is 1.73. The average Bonchev–Trinajstić information content (AvgIpc) is 3.57. The highest BCUT2D eigenvalue weighted by atomic mass is 19.1. The van der Waals surface area contributed by atoms with E-state index in [1.807, 2.05) is 30.3 Å². The molecule has 5 rings (SSSR count). The Morgan fingerprint density at radius 1 is 1.11 bits per heavy atom. The minimum absolute atomic E-state index is 0.0521. The van der Waals surface area contributed by atoms with E-state index in [4.69, 9.17) is 11.6 Å². The molecule has 0 atom stereocenters. The number of pyridine rings is 1. The number of carbonyl (C=O) groups is 2. The molecule has 0 spiro atoms. The maximum atomic E-state index is 14.7. The van der Waals surface area contributed by atoms with Gasteiger partial charge in [-0.15, -0.1) is 0 Å². The van der Waals surface area contributed by atoms with Crippen LogP contribution in [0.2, 0.25) is 0 Å². The Kier molecular flexibility index (Phi) is 6.09. The summed E-state index contributed by atoms with van der Waals surface area (Å²) < 4.78 is 14.7. The molecule has 0 bridgehead atoms. The summed E-state index contributed by atoms with van der Waals surface area (Å²) in [5.41, 5.74) is 8.30. The molecule has 0 radical (unpaired) electrons. The summed E-state index contributed by atoms with van der Waals surface area (Å²) in [6, 6.07) is 9.84. The van der Waals surface area contributed by atoms with Crippen LogP contribution in [-0.2, 0) is 4.79 Å². The van der Waals surface area contributed by atoms with E-state index in [0.29, 0.717) is 26.2 Å². The number of carbonyl (C=O) groups excluding carboxylic acids is 2. The van der Waals surface area contributed by atoms with Gasteiger partial charge in [0.15, 0.2) is 11.6 Å². The van der Waals surface area contributed by atoms with Gasteiger partial charge >= 0.3 is 0 Å². The van der Waals surface area contributed by atoms with Gasteiger partial charge in [-0.2, -0.15) is 5.10 Å². The van der Waals surface area contributed by atoms with Crippen molar-refractivity contribution in [2.75, 3.05) is 36.1 Å². The molecule has 0 aliphatic carbocycles. The van der Waals surface area contributed by atoms with Gasteiger partial charge < -0.3 is 20.5 Å². The first kappa shape index (κ1) is 23.1. The fourth-order valence-corrected chi connectivity index (χ4v) is 4.38. The number of H-pyrrole nitrogens is 2. The molecule has 184 valence electrons. The van der Waals surface area contributed by atoms with Gasteiger partial charge in [-0.3, -0.25) is 19.7 Å². The van der Waals surface area contributed by atoms with E-state index in [0.717, 1.165) is 28.2 Å². The molecule has 0 unspecified atom stereocenters. The molecule has 1 aromatic carbocycles. The van der Waals surface area contributed by atoms with Gasteiger partial charge in [0.25, 0.3) is 11.7 Å². The van der Waals surface area contributed by atoms with Gasteiger partial charge in [0.2, 0.25) is 0 Å². The summed E-state index contributed by atoms with van der Waals surface area (Å²) >= 11 is 0. The fourth-order valence-electron chi connectivity index (χ4n) is 4.38. The standard InChI is InChI=1S/C24H24FN9O2/c25-17-13-29-23(34(27)7-6-26)21-19(17)16(12-28-21)22(35)24(36)33-10-8-32(9-11-33)18-14-30-31-20(18)15-4-2-1-3-5-15/h1-7,12-14,28H,8-11,26-27H2,(H,30,31)/b7-6-. The number of Topliss-reactive ketones (excluding diaryl/α,β-unsaturated/α-hetero) is 1. The van der Waals surface area contributed by atoms with Gasteiger partial charge in [-0.05, 0) is 0 Å². The smallest absolute Gasteiger partial charge is 0.295 e. The van der Waals surface area contributed by atoms with Crippen LogP contribution >= 0.6 is 0 Å². The lowest BCUT2D eigenvalue weighted by atomic mass is 10.1. The molecule has 36 heavy (non-hydrogen) atoms. The lowest BCUT2D eigenvalue weighted by Crippen LogP contribution is -2.50. The molecule has 12 heteroatoms. The zero-order valence-corrected chi connectivity index (χ0v) is 19.2. The lowest BCUT2D eigenvalue weighted by Gasteiger charge is -2.35. The maximum Gasteiger partial charge on any atom is 0.295 e.